The third kappa shape index (κ3) is 26.6. The molecule has 1 N–H and O–H groups in total. The van der Waals surface area contributed by atoms with Crippen molar-refractivity contribution in [2.24, 2.45) is 17.8 Å². The van der Waals surface area contributed by atoms with Crippen LogP contribution in [0.5, 0.6) is 11.5 Å². The SMILES string of the molecule is COc1ccc(C(OC[C@@H]2C[C@@H](O)CN2C(=O)CCCCCCC(=O)CCCCCCCCOC2OC(COC3OC(COC(=O)c4ccccc4)C(C)C(OC(=O)c4ccccc4)C3OC(=O)c3ccccc3)C(C)C(OC3OC(COC(=O)c4ccccc4)C(C)C(OC(=O)c4ccccc4)C3OC(=O)c3ccccc3)C2OC(C)=O)(c2ccccc2)c2ccc(OC)cc2)cc1. The van der Waals surface area contributed by atoms with Crippen molar-refractivity contribution < 1.29 is 124 Å². The number of esters is 7. The fraction of sp³-hybridized carbons (Fsp3) is 0.411. The minimum atomic E-state index is -1.75. The van der Waals surface area contributed by atoms with Crippen LogP contribution in [0.15, 0.2) is 261 Å². The van der Waals surface area contributed by atoms with Crippen LogP contribution in [0.1, 0.15) is 196 Å². The highest BCUT2D eigenvalue weighted by Gasteiger charge is 2.56. The number of ether oxygens (including phenoxy) is 16. The Morgan fingerprint density at radius 2 is 0.694 bits per heavy atom. The number of aliphatic hydroxyl groups excluding tert-OH is 1. The predicted octanol–water partition coefficient (Wildman–Crippen LogP) is 16.7. The Kier molecular flexibility index (Phi) is 36.7. The second-order valence-electron chi connectivity index (χ2n) is 34.2. The topological polar surface area (TPSA) is 325 Å². The fourth-order valence-electron chi connectivity index (χ4n) is 17.4. The van der Waals surface area contributed by atoms with Crippen LogP contribution in [0.3, 0.4) is 0 Å². The molecule has 1 amide bonds. The van der Waals surface area contributed by atoms with E-state index in [9.17, 15) is 48.3 Å². The number of unbranched alkanes of at least 4 members (excludes halogenated alkanes) is 8. The average Bonchev–Trinajstić information content (AvgIpc) is 0.897. The number of hydrogen-bond donors (Lipinski definition) is 1. The molecule has 27 heteroatoms. The molecule has 4 fully saturated rings. The highest BCUT2D eigenvalue weighted by Crippen LogP contribution is 2.45. The van der Waals surface area contributed by atoms with E-state index >= 15 is 0 Å². The molecule has 17 atom stereocenters. The van der Waals surface area contributed by atoms with E-state index in [0.717, 1.165) is 48.8 Å². The largest absolute Gasteiger partial charge is 0.497 e. The van der Waals surface area contributed by atoms with E-state index in [0.29, 0.717) is 69.3 Å². The summed E-state index contributed by atoms with van der Waals surface area (Å²) in [5.41, 5.74) is 2.57. The van der Waals surface area contributed by atoms with Crippen LogP contribution < -0.4 is 9.47 Å². The molecule has 0 spiro atoms. The standard InChI is InChI=1S/C107H119NO26/c1-70-88(67-122-98(113)74-38-20-13-21-39-74)128-105(96(132-102(117)78-46-28-17-29-47-78)92(70)130-100(115)76-42-24-15-25-43-76)124-69-90-72(3)94(134-106-97(133-103(118)79-48-30-18-31-49-79)93(131-101(116)77-44-26-16-27-45-77)71(2)89(129-106)68-123-99(114)75-40-22-14-23-41-75)95(126-73(4)109)104(127-90)121-63-37-12-8-7-9-34-52-84(110)53-35-10-11-36-54-91(112)108-65-85(111)64-83(108)66-125-107(80-50-32-19-33-51-80,81-55-59-86(119-5)60-56-81)82-57-61-87(120-6)62-58-82/h13-33,38-51,55-62,70-72,83,85,88-90,92-97,104-106,111H,7-12,34-37,52-54,63-69H2,1-6H3/t70?,71?,72?,83-,85+,88?,89?,90?,92?,93?,94?,95?,96?,97?,104?,105?,106?/m0/s1. The van der Waals surface area contributed by atoms with Crippen LogP contribution >= 0.6 is 0 Å². The lowest BCUT2D eigenvalue weighted by molar-refractivity contribution is -0.354. The third-order valence-corrected chi connectivity index (χ3v) is 24.9. The number of likely N-dealkylation sites (tertiary alicyclic amines) is 1. The number of carbonyl (C=O) groups is 9. The lowest BCUT2D eigenvalue weighted by Gasteiger charge is -2.49. The first-order valence-electron chi connectivity index (χ1n) is 46.1. The van der Waals surface area contributed by atoms with Gasteiger partial charge >= 0.3 is 41.8 Å². The molecule has 708 valence electrons. The Bertz CT molecular complexity index is 5170. The van der Waals surface area contributed by atoms with Crippen molar-refractivity contribution in [3.8, 4) is 11.5 Å². The van der Waals surface area contributed by atoms with Gasteiger partial charge in [-0.05, 0) is 146 Å². The minimum absolute atomic E-state index is 0.0363. The molecule has 0 bridgehead atoms. The molecule has 9 aromatic rings. The van der Waals surface area contributed by atoms with Crippen molar-refractivity contribution in [3.63, 3.8) is 0 Å². The summed E-state index contributed by atoms with van der Waals surface area (Å²) in [6.45, 7) is 5.38. The van der Waals surface area contributed by atoms with Crippen LogP contribution in [0, 0.1) is 17.8 Å². The summed E-state index contributed by atoms with van der Waals surface area (Å²) >= 11 is 0. The number of rotatable bonds is 45. The number of hydrogen-bond acceptors (Lipinski definition) is 26. The van der Waals surface area contributed by atoms with Gasteiger partial charge in [-0.3, -0.25) is 14.4 Å². The van der Waals surface area contributed by atoms with Gasteiger partial charge in [0.1, 0.15) is 66.6 Å². The summed E-state index contributed by atoms with van der Waals surface area (Å²) < 4.78 is 103. The highest BCUT2D eigenvalue weighted by atomic mass is 16.8. The van der Waals surface area contributed by atoms with Gasteiger partial charge in [0.2, 0.25) is 5.91 Å². The van der Waals surface area contributed by atoms with Crippen molar-refractivity contribution in [1.29, 1.82) is 0 Å². The van der Waals surface area contributed by atoms with E-state index < -0.39 is 165 Å². The number of Topliss-reactive ketones (excluding diaryl/α,β-unsaturated/α-hetero) is 1. The van der Waals surface area contributed by atoms with E-state index in [1.54, 1.807) is 210 Å². The van der Waals surface area contributed by atoms with E-state index in [1.165, 1.54) is 19.1 Å². The number of methoxy groups -OCH3 is 2. The molecular formula is C107H119NO26. The zero-order valence-electron chi connectivity index (χ0n) is 76.4. The molecule has 4 saturated heterocycles. The van der Waals surface area contributed by atoms with Gasteiger partial charge < -0.3 is 85.8 Å². The molecule has 134 heavy (non-hydrogen) atoms. The van der Waals surface area contributed by atoms with E-state index in [1.807, 2.05) is 78.9 Å². The first-order valence-corrected chi connectivity index (χ1v) is 46.1. The summed E-state index contributed by atoms with van der Waals surface area (Å²) in [6, 6.07) is 74.2. The Morgan fingerprint density at radius 1 is 0.358 bits per heavy atom. The summed E-state index contributed by atoms with van der Waals surface area (Å²) in [5.74, 6) is -6.69. The van der Waals surface area contributed by atoms with Gasteiger partial charge in [0.25, 0.3) is 0 Å². The first kappa shape index (κ1) is 99.2. The minimum Gasteiger partial charge on any atom is -0.497 e. The second-order valence-corrected chi connectivity index (χ2v) is 34.2. The Hall–Kier alpha value is -12.3. The molecule has 27 nitrogen and oxygen atoms in total. The van der Waals surface area contributed by atoms with Crippen LogP contribution in [-0.4, -0.2) is 203 Å². The van der Waals surface area contributed by atoms with E-state index in [2.05, 4.69) is 0 Å². The van der Waals surface area contributed by atoms with Crippen LogP contribution in [0.4, 0.5) is 0 Å². The highest BCUT2D eigenvalue weighted by molar-refractivity contribution is 5.92. The molecule has 0 aliphatic carbocycles. The molecule has 13 rings (SSSR count). The Balaban J connectivity index is 0.684. The van der Waals surface area contributed by atoms with Crippen molar-refractivity contribution in [3.05, 3.63) is 311 Å². The first-order chi connectivity index (χ1) is 65.2. The Labute approximate surface area is 781 Å². The molecule has 0 radical (unpaired) electrons. The lowest BCUT2D eigenvalue weighted by Crippen LogP contribution is -2.63. The quantitative estimate of drug-likeness (QED) is 0.0160. The number of amides is 1. The van der Waals surface area contributed by atoms with E-state index in [4.69, 9.17) is 75.8 Å². The van der Waals surface area contributed by atoms with Crippen molar-refractivity contribution in [2.45, 2.75) is 209 Å². The van der Waals surface area contributed by atoms with Gasteiger partial charge in [0.05, 0.1) is 79.1 Å². The van der Waals surface area contributed by atoms with Crippen LogP contribution in [0.2, 0.25) is 0 Å². The molecule has 0 aromatic heterocycles. The zero-order valence-corrected chi connectivity index (χ0v) is 76.4. The third-order valence-electron chi connectivity index (χ3n) is 24.9. The number of carbonyl (C=O) groups excluding carboxylic acids is 9. The number of aliphatic hydroxyl groups is 1. The molecule has 9 aromatic carbocycles. The molecule has 4 aliphatic rings. The second kappa shape index (κ2) is 49.6. The van der Waals surface area contributed by atoms with Gasteiger partial charge in [-0.1, -0.05) is 223 Å². The zero-order chi connectivity index (χ0) is 94.3. The Morgan fingerprint density at radius 3 is 1.11 bits per heavy atom. The van der Waals surface area contributed by atoms with Gasteiger partial charge in [-0.15, -0.1) is 0 Å². The fourth-order valence-corrected chi connectivity index (χ4v) is 17.4. The molecule has 4 aliphatic heterocycles. The number of nitrogens with zero attached hydrogens (tertiary/aromatic N) is 1. The van der Waals surface area contributed by atoms with Crippen molar-refractivity contribution >= 4 is 53.5 Å². The van der Waals surface area contributed by atoms with Crippen molar-refractivity contribution in [1.82, 2.24) is 4.90 Å². The molecule has 15 unspecified atom stereocenters. The number of ketones is 1. The van der Waals surface area contributed by atoms with Crippen molar-refractivity contribution in [2.75, 3.05) is 53.8 Å². The van der Waals surface area contributed by atoms with E-state index in [-0.39, 0.29) is 70.9 Å². The van der Waals surface area contributed by atoms with Gasteiger partial charge in [0.15, 0.2) is 37.2 Å². The molecule has 0 saturated carbocycles. The molecule has 4 heterocycles. The normalized spacial score (nSPS) is 23.3. The van der Waals surface area contributed by atoms with Gasteiger partial charge in [-0.2, -0.15) is 0 Å². The molecular weight excluding hydrogens is 1720 g/mol. The van der Waals surface area contributed by atoms with Gasteiger partial charge in [0, 0.05) is 57.1 Å². The monoisotopic (exact) mass is 1830 g/mol. The smallest absolute Gasteiger partial charge is 0.338 e. The maximum Gasteiger partial charge on any atom is 0.338 e. The maximum absolute atomic E-state index is 14.6. The average molecular weight is 1840 g/mol. The summed E-state index contributed by atoms with van der Waals surface area (Å²) in [6.07, 6.45) is -9.22. The maximum atomic E-state index is 14.6. The number of β-amino-alcohol motifs (C(OH)–C–C–N with tert-alkyl or cyclic N) is 1. The lowest BCUT2D eigenvalue weighted by atomic mass is 9.80. The number of benzene rings is 9. The summed E-state index contributed by atoms with van der Waals surface area (Å²) in [7, 11) is 3.24. The predicted molar refractivity (Wildman–Crippen MR) is 491 cm³/mol. The van der Waals surface area contributed by atoms with Gasteiger partial charge in [-0.25, -0.2) is 28.8 Å². The van der Waals surface area contributed by atoms with Crippen LogP contribution in [0.25, 0.3) is 0 Å². The van der Waals surface area contributed by atoms with Crippen LogP contribution in [-0.2, 0) is 86.3 Å². The summed E-state index contributed by atoms with van der Waals surface area (Å²) in [5, 5.41) is 11.1. The summed E-state index contributed by atoms with van der Waals surface area (Å²) in [4.78, 5) is 128.